The Labute approximate surface area is 169 Å². The number of rotatable bonds is 4. The van der Waals surface area contributed by atoms with Crippen molar-refractivity contribution in [1.29, 1.82) is 0 Å². The molecule has 140 valence electrons. The molecule has 4 aromatic rings. The van der Waals surface area contributed by atoms with Gasteiger partial charge in [0.25, 0.3) is 0 Å². The van der Waals surface area contributed by atoms with Crippen molar-refractivity contribution < 1.29 is 13.2 Å². The Morgan fingerprint density at radius 2 is 1.82 bits per heavy atom. The van der Waals surface area contributed by atoms with Gasteiger partial charge in [0, 0.05) is 28.9 Å². The number of nitrogens with zero attached hydrogens (tertiary/aromatic N) is 1. The lowest BCUT2D eigenvalue weighted by molar-refractivity contribution is 0.100. The molecule has 2 heterocycles. The first-order valence-electron chi connectivity index (χ1n) is 8.25. The molecule has 0 saturated heterocycles. The van der Waals surface area contributed by atoms with Gasteiger partial charge in [-0.25, -0.2) is 13.4 Å². The number of hydrogen-bond donors (Lipinski definition) is 2. The fraction of sp³-hybridized carbons (Fsp3) is 0. The van der Waals surface area contributed by atoms with Crippen molar-refractivity contribution in [2.75, 3.05) is 0 Å². The molecular formula is C20H14BrN3O3S. The van der Waals surface area contributed by atoms with E-state index in [1.165, 1.54) is 6.20 Å². The van der Waals surface area contributed by atoms with Crippen LogP contribution >= 0.6 is 15.9 Å². The number of fused-ring (bicyclic) bond motifs is 1. The Hall–Kier alpha value is -2.97. The van der Waals surface area contributed by atoms with Crippen LogP contribution in [0.5, 0.6) is 0 Å². The van der Waals surface area contributed by atoms with Crippen LogP contribution in [-0.4, -0.2) is 24.3 Å². The molecule has 1 amide bonds. The smallest absolute Gasteiger partial charge is 0.248 e. The SMILES string of the molecule is NC(=O)c1cccc(-c2c[nH]c3ncc(Br)c(S(=O)(=O)c4ccccc4)c23)c1. The van der Waals surface area contributed by atoms with Crippen molar-refractivity contribution >= 4 is 42.7 Å². The van der Waals surface area contributed by atoms with Crippen LogP contribution in [0.4, 0.5) is 0 Å². The number of aromatic amines is 1. The van der Waals surface area contributed by atoms with Crippen molar-refractivity contribution in [1.82, 2.24) is 9.97 Å². The monoisotopic (exact) mass is 455 g/mol. The molecule has 0 fully saturated rings. The van der Waals surface area contributed by atoms with Crippen LogP contribution in [0.1, 0.15) is 10.4 Å². The predicted octanol–water partition coefficient (Wildman–Crippen LogP) is 3.92. The first-order chi connectivity index (χ1) is 13.4. The van der Waals surface area contributed by atoms with Gasteiger partial charge in [-0.2, -0.15) is 0 Å². The Bertz CT molecular complexity index is 1320. The van der Waals surface area contributed by atoms with E-state index in [9.17, 15) is 13.2 Å². The number of nitrogens with one attached hydrogen (secondary N) is 1. The molecule has 0 aliphatic rings. The third kappa shape index (κ3) is 3.00. The molecule has 0 saturated carbocycles. The molecule has 0 radical (unpaired) electrons. The van der Waals surface area contributed by atoms with Crippen molar-refractivity contribution in [2.45, 2.75) is 9.79 Å². The van der Waals surface area contributed by atoms with E-state index >= 15 is 0 Å². The summed E-state index contributed by atoms with van der Waals surface area (Å²) in [5.74, 6) is -0.557. The predicted molar refractivity (Wildman–Crippen MR) is 110 cm³/mol. The molecule has 0 bridgehead atoms. The van der Waals surface area contributed by atoms with E-state index in [1.54, 1.807) is 60.8 Å². The summed E-state index contributed by atoms with van der Waals surface area (Å²) in [6, 6.07) is 14.9. The van der Waals surface area contributed by atoms with Gasteiger partial charge in [-0.1, -0.05) is 30.3 Å². The Kier molecular flexibility index (Phi) is 4.52. The highest BCUT2D eigenvalue weighted by atomic mass is 79.9. The quantitative estimate of drug-likeness (QED) is 0.486. The van der Waals surface area contributed by atoms with Crippen molar-refractivity contribution in [3.05, 3.63) is 77.0 Å². The standard InChI is InChI=1S/C20H14BrN3O3S/c21-16-11-24-20-17(18(16)28(26,27)14-7-2-1-3-8-14)15(10-23-20)12-5-4-6-13(9-12)19(22)25/h1-11H,(H2,22,25)(H,23,24). The molecule has 6 nitrogen and oxygen atoms in total. The van der Waals surface area contributed by atoms with Crippen molar-refractivity contribution in [3.8, 4) is 11.1 Å². The normalized spacial score (nSPS) is 11.6. The van der Waals surface area contributed by atoms with Gasteiger partial charge < -0.3 is 10.7 Å². The average molecular weight is 456 g/mol. The lowest BCUT2D eigenvalue weighted by Crippen LogP contribution is -2.10. The van der Waals surface area contributed by atoms with Gasteiger partial charge in [0.15, 0.2) is 0 Å². The summed E-state index contributed by atoms with van der Waals surface area (Å²) >= 11 is 3.35. The number of benzene rings is 2. The van der Waals surface area contributed by atoms with E-state index in [4.69, 9.17) is 5.73 Å². The summed E-state index contributed by atoms with van der Waals surface area (Å²) < 4.78 is 27.1. The van der Waals surface area contributed by atoms with E-state index in [0.29, 0.717) is 32.2 Å². The highest BCUT2D eigenvalue weighted by molar-refractivity contribution is 9.10. The summed E-state index contributed by atoms with van der Waals surface area (Å²) in [5.41, 5.74) is 7.42. The molecule has 0 aliphatic carbocycles. The number of aromatic nitrogens is 2. The van der Waals surface area contributed by atoms with E-state index in [2.05, 4.69) is 25.9 Å². The van der Waals surface area contributed by atoms with Crippen molar-refractivity contribution in [3.63, 3.8) is 0 Å². The van der Waals surface area contributed by atoms with E-state index in [-0.39, 0.29) is 9.79 Å². The number of hydrogen-bond acceptors (Lipinski definition) is 4. The third-order valence-electron chi connectivity index (χ3n) is 4.39. The zero-order chi connectivity index (χ0) is 19.9. The molecule has 8 heteroatoms. The van der Waals surface area contributed by atoms with Gasteiger partial charge >= 0.3 is 0 Å². The fourth-order valence-electron chi connectivity index (χ4n) is 3.09. The molecule has 0 spiro atoms. The first kappa shape index (κ1) is 18.4. The second-order valence-electron chi connectivity index (χ2n) is 6.12. The summed E-state index contributed by atoms with van der Waals surface area (Å²) in [6.07, 6.45) is 3.13. The van der Waals surface area contributed by atoms with Crippen LogP contribution < -0.4 is 5.73 Å². The van der Waals surface area contributed by atoms with Crippen LogP contribution in [0.3, 0.4) is 0 Å². The Balaban J connectivity index is 2.04. The minimum absolute atomic E-state index is 0.115. The number of nitrogens with two attached hydrogens (primary N) is 1. The number of amides is 1. The average Bonchev–Trinajstić information content (AvgIpc) is 3.12. The van der Waals surface area contributed by atoms with Crippen LogP contribution in [0.25, 0.3) is 22.2 Å². The van der Waals surface area contributed by atoms with Gasteiger partial charge in [0.1, 0.15) is 5.65 Å². The maximum Gasteiger partial charge on any atom is 0.248 e. The van der Waals surface area contributed by atoms with Gasteiger partial charge in [-0.3, -0.25) is 4.79 Å². The van der Waals surface area contributed by atoms with Gasteiger partial charge in [0.2, 0.25) is 15.7 Å². The summed E-state index contributed by atoms with van der Waals surface area (Å²) in [5, 5.41) is 0.444. The first-order valence-corrected chi connectivity index (χ1v) is 10.5. The number of halogens is 1. The van der Waals surface area contributed by atoms with Crippen LogP contribution in [-0.2, 0) is 9.84 Å². The van der Waals surface area contributed by atoms with E-state index < -0.39 is 15.7 Å². The van der Waals surface area contributed by atoms with Gasteiger partial charge in [0.05, 0.1) is 14.3 Å². The topological polar surface area (TPSA) is 106 Å². The number of sulfone groups is 1. The Morgan fingerprint density at radius 1 is 1.07 bits per heavy atom. The molecule has 2 aromatic carbocycles. The van der Waals surface area contributed by atoms with Crippen LogP contribution in [0.2, 0.25) is 0 Å². The minimum Gasteiger partial charge on any atom is -0.366 e. The van der Waals surface area contributed by atoms with Crippen LogP contribution in [0, 0.1) is 0 Å². The largest absolute Gasteiger partial charge is 0.366 e. The maximum absolute atomic E-state index is 13.4. The second kappa shape index (κ2) is 6.88. The molecule has 2 aromatic heterocycles. The molecule has 4 rings (SSSR count). The lowest BCUT2D eigenvalue weighted by Gasteiger charge is -2.10. The Morgan fingerprint density at radius 3 is 2.54 bits per heavy atom. The van der Waals surface area contributed by atoms with Crippen molar-refractivity contribution in [2.24, 2.45) is 5.73 Å². The molecule has 0 aliphatic heterocycles. The maximum atomic E-state index is 13.4. The van der Waals surface area contributed by atoms with Crippen LogP contribution in [0.15, 0.2) is 81.3 Å². The molecule has 28 heavy (non-hydrogen) atoms. The summed E-state index contributed by atoms with van der Waals surface area (Å²) in [6.45, 7) is 0. The van der Waals surface area contributed by atoms with Gasteiger partial charge in [-0.05, 0) is 45.8 Å². The molecule has 0 atom stereocenters. The number of pyridine rings is 1. The number of carbonyl (C=O) groups excluding carboxylic acids is 1. The lowest BCUT2D eigenvalue weighted by atomic mass is 10.0. The minimum atomic E-state index is -3.82. The third-order valence-corrected chi connectivity index (χ3v) is 7.11. The molecular weight excluding hydrogens is 442 g/mol. The number of primary amides is 1. The molecule has 3 N–H and O–H groups in total. The van der Waals surface area contributed by atoms with E-state index in [1.807, 2.05) is 0 Å². The van der Waals surface area contributed by atoms with Gasteiger partial charge in [-0.15, -0.1) is 0 Å². The highest BCUT2D eigenvalue weighted by Gasteiger charge is 2.26. The fourth-order valence-corrected chi connectivity index (χ4v) is 5.57. The zero-order valence-electron chi connectivity index (χ0n) is 14.4. The second-order valence-corrected chi connectivity index (χ2v) is 8.86. The van der Waals surface area contributed by atoms with E-state index in [0.717, 1.165) is 0 Å². The highest BCUT2D eigenvalue weighted by Crippen LogP contribution is 2.39. The summed E-state index contributed by atoms with van der Waals surface area (Å²) in [7, 11) is -3.82. The number of carbonyl (C=O) groups is 1. The zero-order valence-corrected chi connectivity index (χ0v) is 16.8. The molecule has 0 unspecified atom stereocenters. The summed E-state index contributed by atoms with van der Waals surface area (Å²) in [4.78, 5) is 19.2. The number of H-pyrrole nitrogens is 1.